The Morgan fingerprint density at radius 3 is 2.42 bits per heavy atom. The number of hydrogen-bond donors (Lipinski definition) is 2. The minimum Gasteiger partial charge on any atom is -0.491 e. The van der Waals surface area contributed by atoms with E-state index in [-0.39, 0.29) is 58.0 Å². The largest absolute Gasteiger partial charge is 0.491 e. The van der Waals surface area contributed by atoms with Crippen molar-refractivity contribution in [3.05, 3.63) is 55.4 Å². The lowest BCUT2D eigenvalue weighted by molar-refractivity contribution is -0.118. The quantitative estimate of drug-likeness (QED) is 0.505. The maximum Gasteiger partial charge on any atom is 0.227 e. The van der Waals surface area contributed by atoms with Crippen molar-refractivity contribution in [2.24, 2.45) is 5.73 Å². The number of pyridine rings is 2. The van der Waals surface area contributed by atoms with Crippen LogP contribution in [0.3, 0.4) is 0 Å². The van der Waals surface area contributed by atoms with Crippen LogP contribution in [0.2, 0.25) is 15.1 Å². The molecule has 11 heteroatoms. The molecule has 0 radical (unpaired) electrons. The van der Waals surface area contributed by atoms with Crippen molar-refractivity contribution in [1.82, 2.24) is 9.55 Å². The van der Waals surface area contributed by atoms with E-state index in [4.69, 9.17) is 55.1 Å². The summed E-state index contributed by atoms with van der Waals surface area (Å²) in [5, 5.41) is 9.69. The number of aryl methyl sites for hydroxylation is 1. The van der Waals surface area contributed by atoms with Gasteiger partial charge in [0.25, 0.3) is 0 Å². The third-order valence-electron chi connectivity index (χ3n) is 4.30. The molecule has 0 aliphatic heterocycles. The van der Waals surface area contributed by atoms with Gasteiger partial charge in [-0.05, 0) is 6.92 Å². The number of nitrogens with two attached hydrogens (primary N) is 1. The standard InChI is InChI=1S/C20H18Cl3N3O5/c1-10-6-15(28)17-19(14(23)9-25-20(17)31-4-2-16(24)29)26(10)18-12(21)7-11(8-13(18)22)30-5-3-27/h6-9,27H,2-5H2,1H3,(H2,24,29). The fourth-order valence-electron chi connectivity index (χ4n) is 3.05. The SMILES string of the molecule is Cc1cc(=O)c2c(OCCC(N)=O)ncc(Cl)c2n1-c1c(Cl)cc(OCCO)cc1Cl. The van der Waals surface area contributed by atoms with Crippen LogP contribution in [0.25, 0.3) is 16.6 Å². The number of amides is 1. The molecule has 0 saturated heterocycles. The van der Waals surface area contributed by atoms with Crippen molar-refractivity contribution >= 4 is 51.6 Å². The molecule has 1 aromatic carbocycles. The summed E-state index contributed by atoms with van der Waals surface area (Å²) in [5.74, 6) is -0.165. The van der Waals surface area contributed by atoms with Gasteiger partial charge in [-0.1, -0.05) is 34.8 Å². The van der Waals surface area contributed by atoms with Crippen molar-refractivity contribution in [1.29, 1.82) is 0 Å². The molecule has 0 saturated carbocycles. The monoisotopic (exact) mass is 485 g/mol. The molecular weight excluding hydrogens is 469 g/mol. The van der Waals surface area contributed by atoms with E-state index >= 15 is 0 Å². The number of benzene rings is 1. The number of carbonyl (C=O) groups excluding carboxylic acids is 1. The number of aliphatic hydroxyl groups is 1. The van der Waals surface area contributed by atoms with Crippen molar-refractivity contribution in [2.45, 2.75) is 13.3 Å². The van der Waals surface area contributed by atoms with Crippen LogP contribution in [-0.4, -0.2) is 40.4 Å². The minimum absolute atomic E-state index is 0.00884. The molecular formula is C20H18Cl3N3O5. The van der Waals surface area contributed by atoms with Crippen LogP contribution < -0.4 is 20.6 Å². The molecule has 3 aromatic rings. The first-order chi connectivity index (χ1) is 14.7. The second-order valence-electron chi connectivity index (χ2n) is 6.49. The van der Waals surface area contributed by atoms with E-state index in [0.717, 1.165) is 0 Å². The van der Waals surface area contributed by atoms with Gasteiger partial charge in [0.15, 0.2) is 5.43 Å². The molecule has 2 aromatic heterocycles. The van der Waals surface area contributed by atoms with Gasteiger partial charge in [-0.3, -0.25) is 9.59 Å². The van der Waals surface area contributed by atoms with E-state index in [1.165, 1.54) is 12.3 Å². The first kappa shape index (κ1) is 23.1. The first-order valence-electron chi connectivity index (χ1n) is 9.09. The van der Waals surface area contributed by atoms with Crippen LogP contribution in [0, 0.1) is 6.92 Å². The maximum atomic E-state index is 12.8. The normalized spacial score (nSPS) is 11.0. The summed E-state index contributed by atoms with van der Waals surface area (Å²) < 4.78 is 12.5. The highest BCUT2D eigenvalue weighted by atomic mass is 35.5. The van der Waals surface area contributed by atoms with Gasteiger partial charge in [0.1, 0.15) is 17.7 Å². The molecule has 31 heavy (non-hydrogen) atoms. The number of hydrogen-bond acceptors (Lipinski definition) is 6. The molecule has 2 heterocycles. The van der Waals surface area contributed by atoms with Crippen LogP contribution in [-0.2, 0) is 4.79 Å². The Kier molecular flexibility index (Phi) is 7.27. The van der Waals surface area contributed by atoms with Crippen molar-refractivity contribution < 1.29 is 19.4 Å². The van der Waals surface area contributed by atoms with Gasteiger partial charge >= 0.3 is 0 Å². The third kappa shape index (κ3) is 4.88. The lowest BCUT2D eigenvalue weighted by Crippen LogP contribution is -2.17. The summed E-state index contributed by atoms with van der Waals surface area (Å²) in [6.45, 7) is 1.57. The van der Waals surface area contributed by atoms with Crippen LogP contribution in [0.4, 0.5) is 0 Å². The fourth-order valence-corrected chi connectivity index (χ4v) is 3.92. The second-order valence-corrected chi connectivity index (χ2v) is 7.71. The van der Waals surface area contributed by atoms with E-state index in [2.05, 4.69) is 4.98 Å². The van der Waals surface area contributed by atoms with Crippen molar-refractivity contribution in [3.8, 4) is 17.3 Å². The molecule has 0 fully saturated rings. The molecule has 1 amide bonds. The van der Waals surface area contributed by atoms with Gasteiger partial charge in [0.2, 0.25) is 11.8 Å². The Labute approximate surface area is 192 Å². The van der Waals surface area contributed by atoms with Gasteiger partial charge in [-0.25, -0.2) is 4.98 Å². The highest BCUT2D eigenvalue weighted by Crippen LogP contribution is 2.38. The zero-order valence-electron chi connectivity index (χ0n) is 16.3. The molecule has 3 N–H and O–H groups in total. The molecule has 0 aliphatic carbocycles. The van der Waals surface area contributed by atoms with E-state index in [1.54, 1.807) is 23.6 Å². The number of rotatable bonds is 8. The summed E-state index contributed by atoms with van der Waals surface area (Å²) in [5.41, 5.74) is 5.95. The van der Waals surface area contributed by atoms with Crippen LogP contribution in [0.1, 0.15) is 12.1 Å². The van der Waals surface area contributed by atoms with Gasteiger partial charge in [-0.15, -0.1) is 0 Å². The minimum atomic E-state index is -0.548. The first-order valence-corrected chi connectivity index (χ1v) is 10.2. The zero-order chi connectivity index (χ0) is 22.7. The summed E-state index contributed by atoms with van der Waals surface area (Å²) in [7, 11) is 0. The van der Waals surface area contributed by atoms with Crippen LogP contribution >= 0.6 is 34.8 Å². The number of carbonyl (C=O) groups is 1. The average Bonchev–Trinajstić information content (AvgIpc) is 2.69. The second kappa shape index (κ2) is 9.74. The fraction of sp³-hybridized carbons (Fsp3) is 0.250. The average molecular weight is 487 g/mol. The molecule has 0 aliphatic rings. The third-order valence-corrected chi connectivity index (χ3v) is 5.15. The highest BCUT2D eigenvalue weighted by Gasteiger charge is 2.21. The summed E-state index contributed by atoms with van der Waals surface area (Å²) >= 11 is 19.4. The Balaban J connectivity index is 2.24. The number of ether oxygens (including phenoxy) is 2. The Hall–Kier alpha value is -2.52. The number of fused-ring (bicyclic) bond motifs is 1. The molecule has 0 bridgehead atoms. The molecule has 0 unspecified atom stereocenters. The predicted molar refractivity (Wildman–Crippen MR) is 119 cm³/mol. The lowest BCUT2D eigenvalue weighted by Gasteiger charge is -2.20. The van der Waals surface area contributed by atoms with Gasteiger partial charge in [0, 0.05) is 23.9 Å². The van der Waals surface area contributed by atoms with Gasteiger partial charge < -0.3 is 24.9 Å². The maximum absolute atomic E-state index is 12.8. The van der Waals surface area contributed by atoms with Crippen LogP contribution in [0.15, 0.2) is 29.2 Å². The van der Waals surface area contributed by atoms with E-state index in [0.29, 0.717) is 22.6 Å². The Morgan fingerprint density at radius 2 is 1.81 bits per heavy atom. The van der Waals surface area contributed by atoms with Crippen molar-refractivity contribution in [3.63, 3.8) is 0 Å². The topological polar surface area (TPSA) is 117 Å². The van der Waals surface area contributed by atoms with E-state index in [1.807, 2.05) is 0 Å². The molecule has 164 valence electrons. The lowest BCUT2D eigenvalue weighted by atomic mass is 10.2. The summed E-state index contributed by atoms with van der Waals surface area (Å²) in [6, 6.07) is 4.46. The molecule has 0 atom stereocenters. The summed E-state index contributed by atoms with van der Waals surface area (Å²) in [4.78, 5) is 27.9. The van der Waals surface area contributed by atoms with E-state index < -0.39 is 5.91 Å². The predicted octanol–water partition coefficient (Wildman–Crippen LogP) is 3.28. The molecule has 0 spiro atoms. The van der Waals surface area contributed by atoms with E-state index in [9.17, 15) is 9.59 Å². The molecule has 8 nitrogen and oxygen atoms in total. The Bertz CT molecular complexity index is 1190. The number of nitrogens with zero attached hydrogens (tertiary/aromatic N) is 2. The smallest absolute Gasteiger partial charge is 0.227 e. The van der Waals surface area contributed by atoms with Gasteiger partial charge in [-0.2, -0.15) is 0 Å². The van der Waals surface area contributed by atoms with Gasteiger partial charge in [0.05, 0.1) is 52.1 Å². The number of halogens is 3. The number of aliphatic hydroxyl groups excluding tert-OH is 1. The number of aromatic nitrogens is 2. The summed E-state index contributed by atoms with van der Waals surface area (Å²) in [6.07, 6.45) is 1.29. The van der Waals surface area contributed by atoms with Crippen molar-refractivity contribution in [2.75, 3.05) is 19.8 Å². The Morgan fingerprint density at radius 1 is 1.13 bits per heavy atom. The highest BCUT2D eigenvalue weighted by molar-refractivity contribution is 6.39. The molecule has 3 rings (SSSR count). The zero-order valence-corrected chi connectivity index (χ0v) is 18.6. The number of primary amides is 1. The van der Waals surface area contributed by atoms with Crippen LogP contribution in [0.5, 0.6) is 11.6 Å².